The molecule has 5 nitrogen and oxygen atoms in total. The van der Waals surface area contributed by atoms with E-state index in [1.807, 2.05) is 41.3 Å². The maximum atomic E-state index is 12.4. The number of nitrogens with one attached hydrogen (secondary N) is 1. The van der Waals surface area contributed by atoms with Crippen LogP contribution in [-0.2, 0) is 17.8 Å². The predicted molar refractivity (Wildman–Crippen MR) is 91.4 cm³/mol. The molecule has 2 aliphatic rings. The second kappa shape index (κ2) is 6.53. The molecule has 4 rings (SSSR count). The lowest BCUT2D eigenvalue weighted by atomic mass is 10.2. The number of carbonyl (C=O) groups excluding carboxylic acids is 1. The van der Waals surface area contributed by atoms with E-state index in [1.54, 1.807) is 0 Å². The summed E-state index contributed by atoms with van der Waals surface area (Å²) in [6, 6.07) is 14.1. The summed E-state index contributed by atoms with van der Waals surface area (Å²) in [6.07, 6.45) is 1.45. The average Bonchev–Trinajstić information content (AvgIpc) is 3.24. The van der Waals surface area contributed by atoms with E-state index in [0.717, 1.165) is 35.7 Å². The Balaban J connectivity index is 1.27. The normalized spacial score (nSPS) is 14.8. The van der Waals surface area contributed by atoms with Crippen LogP contribution in [0.4, 0.5) is 5.69 Å². The molecule has 124 valence electrons. The van der Waals surface area contributed by atoms with E-state index in [0.29, 0.717) is 19.5 Å². The molecule has 0 unspecified atom stereocenters. The Bertz CT molecular complexity index is 760. The summed E-state index contributed by atoms with van der Waals surface area (Å²) >= 11 is 0. The van der Waals surface area contributed by atoms with Gasteiger partial charge in [-0.05, 0) is 35.7 Å². The lowest BCUT2D eigenvalue weighted by Gasteiger charge is -2.17. The lowest BCUT2D eigenvalue weighted by molar-refractivity contribution is -0.118. The van der Waals surface area contributed by atoms with Gasteiger partial charge in [-0.1, -0.05) is 24.3 Å². The van der Waals surface area contributed by atoms with E-state index in [2.05, 4.69) is 11.4 Å². The van der Waals surface area contributed by atoms with Crippen molar-refractivity contribution in [3.63, 3.8) is 0 Å². The van der Waals surface area contributed by atoms with Crippen LogP contribution in [0.25, 0.3) is 0 Å². The van der Waals surface area contributed by atoms with Crippen molar-refractivity contribution in [3.05, 3.63) is 53.6 Å². The summed E-state index contributed by atoms with van der Waals surface area (Å²) < 4.78 is 10.7. The average molecular weight is 324 g/mol. The Hall–Kier alpha value is -2.53. The van der Waals surface area contributed by atoms with Gasteiger partial charge in [-0.3, -0.25) is 4.79 Å². The van der Waals surface area contributed by atoms with Crippen LogP contribution in [-0.4, -0.2) is 25.8 Å². The van der Waals surface area contributed by atoms with Gasteiger partial charge in [-0.25, -0.2) is 0 Å². The Morgan fingerprint density at radius 2 is 2.00 bits per heavy atom. The first kappa shape index (κ1) is 15.0. The van der Waals surface area contributed by atoms with Crippen molar-refractivity contribution in [3.8, 4) is 11.5 Å². The Morgan fingerprint density at radius 1 is 1.12 bits per heavy atom. The summed E-state index contributed by atoms with van der Waals surface area (Å²) in [5.74, 6) is 1.76. The number of fused-ring (bicyclic) bond motifs is 2. The summed E-state index contributed by atoms with van der Waals surface area (Å²) in [5, 5.41) is 3.33. The molecule has 5 heteroatoms. The van der Waals surface area contributed by atoms with Gasteiger partial charge < -0.3 is 19.7 Å². The summed E-state index contributed by atoms with van der Waals surface area (Å²) in [6.45, 7) is 2.45. The highest BCUT2D eigenvalue weighted by Gasteiger charge is 2.23. The first-order valence-corrected chi connectivity index (χ1v) is 8.29. The van der Waals surface area contributed by atoms with Gasteiger partial charge in [0.2, 0.25) is 12.7 Å². The molecule has 0 fully saturated rings. The van der Waals surface area contributed by atoms with Crippen LogP contribution < -0.4 is 19.7 Å². The van der Waals surface area contributed by atoms with E-state index in [1.165, 1.54) is 5.56 Å². The third-order valence-electron chi connectivity index (χ3n) is 4.47. The minimum Gasteiger partial charge on any atom is -0.454 e. The van der Waals surface area contributed by atoms with Gasteiger partial charge in [0.25, 0.3) is 0 Å². The SMILES string of the molecule is O=C(CCNCc1ccc2c(c1)OCO2)N1CCc2ccccc21. The van der Waals surface area contributed by atoms with Gasteiger partial charge in [0, 0.05) is 31.7 Å². The van der Waals surface area contributed by atoms with Crippen LogP contribution in [0, 0.1) is 0 Å². The molecule has 2 heterocycles. The summed E-state index contributed by atoms with van der Waals surface area (Å²) in [5.41, 5.74) is 3.45. The van der Waals surface area contributed by atoms with Gasteiger partial charge in [0.05, 0.1) is 0 Å². The van der Waals surface area contributed by atoms with Crippen molar-refractivity contribution in [2.45, 2.75) is 19.4 Å². The number of para-hydroxylation sites is 1. The van der Waals surface area contributed by atoms with Crippen LogP contribution in [0.2, 0.25) is 0 Å². The van der Waals surface area contributed by atoms with Crippen molar-refractivity contribution in [2.75, 3.05) is 24.8 Å². The van der Waals surface area contributed by atoms with Crippen molar-refractivity contribution in [1.29, 1.82) is 0 Å². The van der Waals surface area contributed by atoms with Gasteiger partial charge in [-0.15, -0.1) is 0 Å². The Labute approximate surface area is 141 Å². The number of rotatable bonds is 5. The third kappa shape index (κ3) is 2.95. The fourth-order valence-corrected chi connectivity index (χ4v) is 3.21. The number of hydrogen-bond donors (Lipinski definition) is 1. The molecular formula is C19H20N2O3. The molecule has 0 spiro atoms. The molecule has 2 aromatic rings. The van der Waals surface area contributed by atoms with E-state index in [4.69, 9.17) is 9.47 Å². The lowest BCUT2D eigenvalue weighted by Crippen LogP contribution is -2.31. The molecule has 0 atom stereocenters. The third-order valence-corrected chi connectivity index (χ3v) is 4.47. The highest BCUT2D eigenvalue weighted by atomic mass is 16.7. The maximum Gasteiger partial charge on any atom is 0.231 e. The molecule has 0 saturated carbocycles. The van der Waals surface area contributed by atoms with Gasteiger partial charge in [0.15, 0.2) is 11.5 Å². The van der Waals surface area contributed by atoms with Gasteiger partial charge in [-0.2, -0.15) is 0 Å². The van der Waals surface area contributed by atoms with E-state index < -0.39 is 0 Å². The van der Waals surface area contributed by atoms with E-state index in [-0.39, 0.29) is 12.7 Å². The molecule has 24 heavy (non-hydrogen) atoms. The van der Waals surface area contributed by atoms with Gasteiger partial charge >= 0.3 is 0 Å². The number of benzene rings is 2. The molecule has 0 radical (unpaired) electrons. The van der Waals surface area contributed by atoms with Crippen molar-refractivity contribution >= 4 is 11.6 Å². The predicted octanol–water partition coefficient (Wildman–Crippen LogP) is 2.48. The molecule has 0 bridgehead atoms. The molecule has 1 N–H and O–H groups in total. The minimum absolute atomic E-state index is 0.179. The smallest absolute Gasteiger partial charge is 0.231 e. The van der Waals surface area contributed by atoms with Crippen molar-refractivity contribution in [2.24, 2.45) is 0 Å². The monoisotopic (exact) mass is 324 g/mol. The number of nitrogens with zero attached hydrogens (tertiary/aromatic N) is 1. The summed E-state index contributed by atoms with van der Waals surface area (Å²) in [7, 11) is 0. The molecule has 0 saturated heterocycles. The van der Waals surface area contributed by atoms with Crippen molar-refractivity contribution in [1.82, 2.24) is 5.32 Å². The van der Waals surface area contributed by atoms with Crippen LogP contribution >= 0.6 is 0 Å². The number of hydrogen-bond acceptors (Lipinski definition) is 4. The zero-order chi connectivity index (χ0) is 16.4. The number of carbonyl (C=O) groups is 1. The maximum absolute atomic E-state index is 12.4. The zero-order valence-corrected chi connectivity index (χ0v) is 13.5. The van der Waals surface area contributed by atoms with Crippen LogP contribution in [0.3, 0.4) is 0 Å². The number of anilines is 1. The quantitative estimate of drug-likeness (QED) is 0.859. The molecular weight excluding hydrogens is 304 g/mol. The fourth-order valence-electron chi connectivity index (χ4n) is 3.21. The highest BCUT2D eigenvalue weighted by Crippen LogP contribution is 2.32. The van der Waals surface area contributed by atoms with Crippen molar-refractivity contribution < 1.29 is 14.3 Å². The first-order valence-electron chi connectivity index (χ1n) is 8.29. The highest BCUT2D eigenvalue weighted by molar-refractivity contribution is 5.95. The molecule has 2 aromatic carbocycles. The Morgan fingerprint density at radius 3 is 2.96 bits per heavy atom. The largest absolute Gasteiger partial charge is 0.454 e. The van der Waals surface area contributed by atoms with Crippen LogP contribution in [0.15, 0.2) is 42.5 Å². The van der Waals surface area contributed by atoms with Gasteiger partial charge in [0.1, 0.15) is 0 Å². The second-order valence-corrected chi connectivity index (χ2v) is 6.04. The molecule has 0 aromatic heterocycles. The molecule has 1 amide bonds. The van der Waals surface area contributed by atoms with E-state index >= 15 is 0 Å². The zero-order valence-electron chi connectivity index (χ0n) is 13.5. The summed E-state index contributed by atoms with van der Waals surface area (Å²) in [4.78, 5) is 14.3. The molecule has 2 aliphatic heterocycles. The fraction of sp³-hybridized carbons (Fsp3) is 0.316. The standard InChI is InChI=1S/C19H20N2O3/c22-19(21-10-8-15-3-1-2-4-16(15)21)7-9-20-12-14-5-6-17-18(11-14)24-13-23-17/h1-6,11,20H,7-10,12-13H2. The number of amides is 1. The van der Waals surface area contributed by atoms with E-state index in [9.17, 15) is 4.79 Å². The first-order chi connectivity index (χ1) is 11.8. The molecule has 0 aliphatic carbocycles. The second-order valence-electron chi connectivity index (χ2n) is 6.04. The Kier molecular flexibility index (Phi) is 4.09. The van der Waals surface area contributed by atoms with Crippen LogP contribution in [0.5, 0.6) is 11.5 Å². The van der Waals surface area contributed by atoms with Crippen LogP contribution in [0.1, 0.15) is 17.5 Å². The number of ether oxygens (including phenoxy) is 2. The minimum atomic E-state index is 0.179. The topological polar surface area (TPSA) is 50.8 Å².